The van der Waals surface area contributed by atoms with Gasteiger partial charge in [-0.15, -0.1) is 0 Å². The lowest BCUT2D eigenvalue weighted by Crippen LogP contribution is -2.23. The van der Waals surface area contributed by atoms with Crippen molar-refractivity contribution in [1.29, 1.82) is 0 Å². The maximum absolute atomic E-state index is 13.0. The van der Waals surface area contributed by atoms with Gasteiger partial charge in [-0.05, 0) is 36.5 Å². The van der Waals surface area contributed by atoms with E-state index in [1.165, 1.54) is 12.5 Å². The fourth-order valence-electron chi connectivity index (χ4n) is 2.72. The summed E-state index contributed by atoms with van der Waals surface area (Å²) >= 11 is 0. The molecular weight excluding hydrogens is 234 g/mol. The van der Waals surface area contributed by atoms with Crippen LogP contribution in [0, 0.1) is 23.5 Å². The van der Waals surface area contributed by atoms with Crippen LogP contribution >= 0.6 is 0 Å². The van der Waals surface area contributed by atoms with Crippen LogP contribution in [-0.2, 0) is 11.2 Å². The van der Waals surface area contributed by atoms with Gasteiger partial charge in [0.05, 0.1) is 0 Å². The summed E-state index contributed by atoms with van der Waals surface area (Å²) < 4.78 is 25.8. The van der Waals surface area contributed by atoms with E-state index in [1.54, 1.807) is 0 Å². The van der Waals surface area contributed by atoms with E-state index in [0.29, 0.717) is 11.5 Å². The predicted molar refractivity (Wildman–Crippen MR) is 66.2 cm³/mol. The van der Waals surface area contributed by atoms with Gasteiger partial charge < -0.3 is 0 Å². The molecule has 0 spiro atoms. The van der Waals surface area contributed by atoms with Crippen molar-refractivity contribution in [3.05, 3.63) is 35.4 Å². The molecule has 2 unspecified atom stereocenters. The quantitative estimate of drug-likeness (QED) is 0.797. The van der Waals surface area contributed by atoms with E-state index in [9.17, 15) is 13.6 Å². The number of rotatable bonds is 3. The molecule has 1 nitrogen and oxygen atoms in total. The van der Waals surface area contributed by atoms with E-state index in [2.05, 4.69) is 6.92 Å². The molecule has 18 heavy (non-hydrogen) atoms. The fourth-order valence-corrected chi connectivity index (χ4v) is 2.72. The first kappa shape index (κ1) is 13.2. The highest BCUT2D eigenvalue weighted by atomic mass is 19.2. The van der Waals surface area contributed by atoms with Gasteiger partial charge in [-0.2, -0.15) is 0 Å². The number of carbonyl (C=O) groups excluding carboxylic acids is 1. The third-order valence-electron chi connectivity index (χ3n) is 3.75. The van der Waals surface area contributed by atoms with Gasteiger partial charge in [-0.3, -0.25) is 4.79 Å². The Kier molecular flexibility index (Phi) is 4.10. The lowest BCUT2D eigenvalue weighted by molar-refractivity contribution is -0.123. The van der Waals surface area contributed by atoms with Gasteiger partial charge in [0.2, 0.25) is 0 Å². The van der Waals surface area contributed by atoms with Crippen LogP contribution in [0.3, 0.4) is 0 Å². The van der Waals surface area contributed by atoms with Crippen LogP contribution in [0.1, 0.15) is 38.2 Å². The molecule has 0 bridgehead atoms. The molecule has 1 aromatic rings. The molecule has 1 aromatic carbocycles. The van der Waals surface area contributed by atoms with Gasteiger partial charge >= 0.3 is 0 Å². The van der Waals surface area contributed by atoms with Gasteiger partial charge in [-0.25, -0.2) is 8.78 Å². The van der Waals surface area contributed by atoms with Gasteiger partial charge in [0, 0.05) is 12.3 Å². The molecule has 0 aromatic heterocycles. The van der Waals surface area contributed by atoms with Gasteiger partial charge in [0.25, 0.3) is 0 Å². The average Bonchev–Trinajstić information content (AvgIpc) is 2.34. The highest BCUT2D eigenvalue weighted by molar-refractivity contribution is 5.83. The predicted octanol–water partition coefficient (Wildman–Crippen LogP) is 3.90. The third-order valence-corrected chi connectivity index (χ3v) is 3.75. The van der Waals surface area contributed by atoms with Crippen LogP contribution in [0.2, 0.25) is 0 Å². The second kappa shape index (κ2) is 5.59. The SMILES string of the molecule is CC1CCCC(C(=O)Cc2ccc(F)c(F)c2)C1. The first-order valence-corrected chi connectivity index (χ1v) is 6.53. The summed E-state index contributed by atoms with van der Waals surface area (Å²) in [4.78, 5) is 12.1. The second-order valence-electron chi connectivity index (χ2n) is 5.36. The number of benzene rings is 1. The summed E-state index contributed by atoms with van der Waals surface area (Å²) in [5.41, 5.74) is 0.567. The summed E-state index contributed by atoms with van der Waals surface area (Å²) in [6.45, 7) is 2.16. The van der Waals surface area contributed by atoms with Crippen LogP contribution in [-0.4, -0.2) is 5.78 Å². The van der Waals surface area contributed by atoms with E-state index in [1.807, 2.05) is 0 Å². The lowest BCUT2D eigenvalue weighted by atomic mass is 9.79. The summed E-state index contributed by atoms with van der Waals surface area (Å²) in [5.74, 6) is -0.887. The minimum Gasteiger partial charge on any atom is -0.299 e. The molecule has 0 N–H and O–H groups in total. The van der Waals surface area contributed by atoms with Crippen LogP contribution in [0.25, 0.3) is 0 Å². The Bertz CT molecular complexity index is 442. The third kappa shape index (κ3) is 3.15. The van der Waals surface area contributed by atoms with E-state index < -0.39 is 11.6 Å². The van der Waals surface area contributed by atoms with Crippen molar-refractivity contribution in [3.63, 3.8) is 0 Å². The molecular formula is C15H18F2O. The summed E-state index contributed by atoms with van der Waals surface area (Å²) in [5, 5.41) is 0. The Morgan fingerprint density at radius 3 is 2.72 bits per heavy atom. The van der Waals surface area contributed by atoms with Crippen molar-refractivity contribution in [2.45, 2.75) is 39.0 Å². The zero-order valence-electron chi connectivity index (χ0n) is 10.6. The van der Waals surface area contributed by atoms with E-state index in [0.717, 1.165) is 31.4 Å². The van der Waals surface area contributed by atoms with Crippen LogP contribution in [0.15, 0.2) is 18.2 Å². The fraction of sp³-hybridized carbons (Fsp3) is 0.533. The molecule has 1 fully saturated rings. The topological polar surface area (TPSA) is 17.1 Å². The molecule has 3 heteroatoms. The smallest absolute Gasteiger partial charge is 0.159 e. The number of hydrogen-bond donors (Lipinski definition) is 0. The number of carbonyl (C=O) groups is 1. The zero-order chi connectivity index (χ0) is 13.1. The maximum atomic E-state index is 13.0. The molecule has 98 valence electrons. The molecule has 1 aliphatic carbocycles. The largest absolute Gasteiger partial charge is 0.299 e. The van der Waals surface area contributed by atoms with Crippen molar-refractivity contribution in [2.75, 3.05) is 0 Å². The van der Waals surface area contributed by atoms with Crippen LogP contribution in [0.4, 0.5) is 8.78 Å². The van der Waals surface area contributed by atoms with Gasteiger partial charge in [0.15, 0.2) is 11.6 Å². The molecule has 1 saturated carbocycles. The Morgan fingerprint density at radius 2 is 2.06 bits per heavy atom. The number of halogens is 2. The Morgan fingerprint density at radius 1 is 1.28 bits per heavy atom. The highest BCUT2D eigenvalue weighted by Gasteiger charge is 2.24. The zero-order valence-corrected chi connectivity index (χ0v) is 10.6. The standard InChI is InChI=1S/C15H18F2O/c1-10-3-2-4-12(7-10)15(18)9-11-5-6-13(16)14(17)8-11/h5-6,8,10,12H,2-4,7,9H2,1H3. The molecule has 0 heterocycles. The molecule has 1 aliphatic rings. The first-order valence-electron chi connectivity index (χ1n) is 6.53. The molecule has 0 saturated heterocycles. The van der Waals surface area contributed by atoms with Crippen LogP contribution < -0.4 is 0 Å². The normalized spacial score (nSPS) is 23.9. The van der Waals surface area contributed by atoms with Crippen molar-refractivity contribution >= 4 is 5.78 Å². The summed E-state index contributed by atoms with van der Waals surface area (Å²) in [6, 6.07) is 3.70. The monoisotopic (exact) mass is 252 g/mol. The molecule has 0 radical (unpaired) electrons. The Balaban J connectivity index is 2.00. The molecule has 0 aliphatic heterocycles. The Labute approximate surface area is 106 Å². The highest BCUT2D eigenvalue weighted by Crippen LogP contribution is 2.30. The summed E-state index contributed by atoms with van der Waals surface area (Å²) in [7, 11) is 0. The second-order valence-corrected chi connectivity index (χ2v) is 5.36. The first-order chi connectivity index (χ1) is 8.56. The number of hydrogen-bond acceptors (Lipinski definition) is 1. The number of ketones is 1. The summed E-state index contributed by atoms with van der Waals surface area (Å²) in [6.07, 6.45) is 4.37. The van der Waals surface area contributed by atoms with Crippen molar-refractivity contribution < 1.29 is 13.6 Å². The van der Waals surface area contributed by atoms with Gasteiger partial charge in [-0.1, -0.05) is 25.8 Å². The van der Waals surface area contributed by atoms with E-state index in [-0.39, 0.29) is 18.1 Å². The van der Waals surface area contributed by atoms with Crippen molar-refractivity contribution in [1.82, 2.24) is 0 Å². The maximum Gasteiger partial charge on any atom is 0.159 e. The van der Waals surface area contributed by atoms with E-state index in [4.69, 9.17) is 0 Å². The minimum absolute atomic E-state index is 0.0989. The van der Waals surface area contributed by atoms with E-state index >= 15 is 0 Å². The number of Topliss-reactive ketones (excluding diaryl/α,β-unsaturated/α-hetero) is 1. The minimum atomic E-state index is -0.877. The van der Waals surface area contributed by atoms with Crippen molar-refractivity contribution in [3.8, 4) is 0 Å². The molecule has 0 amide bonds. The van der Waals surface area contributed by atoms with Crippen molar-refractivity contribution in [2.24, 2.45) is 11.8 Å². The lowest BCUT2D eigenvalue weighted by Gasteiger charge is -2.25. The van der Waals surface area contributed by atoms with Gasteiger partial charge in [0.1, 0.15) is 5.78 Å². The average molecular weight is 252 g/mol. The molecule has 2 atom stereocenters. The Hall–Kier alpha value is -1.25. The van der Waals surface area contributed by atoms with Crippen LogP contribution in [0.5, 0.6) is 0 Å². The molecule has 2 rings (SSSR count).